The number of ether oxygens (including phenoxy) is 4. The van der Waals surface area contributed by atoms with Crippen molar-refractivity contribution in [2.75, 3.05) is 33.9 Å². The smallest absolute Gasteiger partial charge is 0.408 e. The molecule has 174 valence electrons. The van der Waals surface area contributed by atoms with Crippen molar-refractivity contribution in [2.24, 2.45) is 0 Å². The lowest BCUT2D eigenvalue weighted by Gasteiger charge is -2.29. The highest BCUT2D eigenvalue weighted by molar-refractivity contribution is 5.88. The topological polar surface area (TPSA) is 124 Å². The summed E-state index contributed by atoms with van der Waals surface area (Å²) in [6.07, 6.45) is -1.66. The molecule has 10 nitrogen and oxygen atoms in total. The first-order chi connectivity index (χ1) is 14.6. The Bertz CT molecular complexity index is 701. The molecule has 1 rings (SSSR count). The number of nitrogens with one attached hydrogen (secondary N) is 1. The average Bonchev–Trinajstić information content (AvgIpc) is 2.69. The molecule has 1 aromatic carbocycles. The number of amides is 2. The fourth-order valence-corrected chi connectivity index (χ4v) is 2.53. The van der Waals surface area contributed by atoms with Gasteiger partial charge in [-0.3, -0.25) is 9.59 Å². The number of benzene rings is 1. The second-order valence-electron chi connectivity index (χ2n) is 7.71. The summed E-state index contributed by atoms with van der Waals surface area (Å²) in [6, 6.07) is 8.11. The van der Waals surface area contributed by atoms with Crippen LogP contribution in [0.2, 0.25) is 0 Å². The van der Waals surface area contributed by atoms with Crippen molar-refractivity contribution >= 4 is 18.0 Å². The standard InChI is InChI=1S/C21H32N2O8/c1-21(2,3)31-20(27)22-16(14-30-13-15-9-7-6-8-10-15)19(26)23(11-17(24)25)12-18(28-4)29-5/h6-10,16,18H,11-14H2,1-5H3,(H,22,27)(H,24,25). The van der Waals surface area contributed by atoms with Crippen molar-refractivity contribution in [2.45, 2.75) is 45.3 Å². The molecule has 0 aliphatic heterocycles. The number of carboxylic acid groups (broad SMARTS) is 1. The van der Waals surface area contributed by atoms with Gasteiger partial charge in [0.05, 0.1) is 19.8 Å². The van der Waals surface area contributed by atoms with E-state index in [1.807, 2.05) is 30.3 Å². The van der Waals surface area contributed by atoms with Crippen LogP contribution in [0.4, 0.5) is 4.79 Å². The number of carboxylic acids is 1. The van der Waals surface area contributed by atoms with E-state index in [9.17, 15) is 19.5 Å². The van der Waals surface area contributed by atoms with Crippen molar-refractivity contribution in [3.8, 4) is 0 Å². The number of carbonyl (C=O) groups is 3. The van der Waals surface area contributed by atoms with Crippen LogP contribution in [0.3, 0.4) is 0 Å². The van der Waals surface area contributed by atoms with E-state index in [0.717, 1.165) is 10.5 Å². The van der Waals surface area contributed by atoms with Gasteiger partial charge in [0.25, 0.3) is 0 Å². The van der Waals surface area contributed by atoms with E-state index in [1.54, 1.807) is 20.8 Å². The predicted octanol–water partition coefficient (Wildman–Crippen LogP) is 1.63. The Morgan fingerprint density at radius 2 is 1.71 bits per heavy atom. The van der Waals surface area contributed by atoms with Gasteiger partial charge in [-0.1, -0.05) is 30.3 Å². The van der Waals surface area contributed by atoms with Crippen LogP contribution < -0.4 is 5.32 Å². The maximum absolute atomic E-state index is 13.1. The van der Waals surface area contributed by atoms with Crippen molar-refractivity contribution in [3.63, 3.8) is 0 Å². The number of hydrogen-bond donors (Lipinski definition) is 2. The highest BCUT2D eigenvalue weighted by Gasteiger charge is 2.31. The van der Waals surface area contributed by atoms with Gasteiger partial charge in [0.2, 0.25) is 5.91 Å². The average molecular weight is 440 g/mol. The lowest BCUT2D eigenvalue weighted by atomic mass is 10.2. The molecule has 2 N–H and O–H groups in total. The van der Waals surface area contributed by atoms with Gasteiger partial charge in [-0.25, -0.2) is 4.79 Å². The minimum atomic E-state index is -1.22. The Balaban J connectivity index is 2.95. The molecule has 1 atom stereocenters. The number of methoxy groups -OCH3 is 2. The van der Waals surface area contributed by atoms with Crippen LogP contribution in [0.1, 0.15) is 26.3 Å². The van der Waals surface area contributed by atoms with Crippen LogP contribution in [0.25, 0.3) is 0 Å². The zero-order valence-electron chi connectivity index (χ0n) is 18.6. The van der Waals surface area contributed by atoms with Crippen LogP contribution in [-0.2, 0) is 35.1 Å². The highest BCUT2D eigenvalue weighted by Crippen LogP contribution is 2.09. The Kier molecular flexibility index (Phi) is 10.9. The summed E-state index contributed by atoms with van der Waals surface area (Å²) in [5, 5.41) is 11.7. The molecule has 0 aliphatic carbocycles. The number of alkyl carbamates (subject to hydrolysis) is 1. The molecule has 2 amide bonds. The molecule has 0 radical (unpaired) electrons. The van der Waals surface area contributed by atoms with E-state index in [1.165, 1.54) is 14.2 Å². The first kappa shape index (κ1) is 26.3. The summed E-state index contributed by atoms with van der Waals surface area (Å²) < 4.78 is 21.0. The molecule has 1 unspecified atom stereocenters. The molecule has 0 fully saturated rings. The Morgan fingerprint density at radius 1 is 1.10 bits per heavy atom. The number of aliphatic carboxylic acids is 1. The van der Waals surface area contributed by atoms with Crippen LogP contribution in [0.15, 0.2) is 30.3 Å². The third kappa shape index (κ3) is 10.8. The van der Waals surface area contributed by atoms with E-state index in [4.69, 9.17) is 18.9 Å². The summed E-state index contributed by atoms with van der Waals surface area (Å²) in [6.45, 7) is 4.33. The summed E-state index contributed by atoms with van der Waals surface area (Å²) >= 11 is 0. The van der Waals surface area contributed by atoms with Crippen molar-refractivity contribution in [1.82, 2.24) is 10.2 Å². The minimum absolute atomic E-state index is 0.149. The van der Waals surface area contributed by atoms with Gasteiger partial charge < -0.3 is 34.3 Å². The van der Waals surface area contributed by atoms with Gasteiger partial charge in [-0.05, 0) is 26.3 Å². The Labute approximate surface area is 182 Å². The second kappa shape index (κ2) is 12.9. The first-order valence-corrected chi connectivity index (χ1v) is 9.73. The number of rotatable bonds is 12. The van der Waals surface area contributed by atoms with E-state index in [-0.39, 0.29) is 19.8 Å². The molecule has 0 saturated heterocycles. The maximum atomic E-state index is 13.1. The van der Waals surface area contributed by atoms with Crippen LogP contribution in [0.5, 0.6) is 0 Å². The Hall–Kier alpha value is -2.69. The van der Waals surface area contributed by atoms with Gasteiger partial charge in [-0.15, -0.1) is 0 Å². The molecule has 10 heteroatoms. The van der Waals surface area contributed by atoms with Crippen molar-refractivity contribution in [3.05, 3.63) is 35.9 Å². The summed E-state index contributed by atoms with van der Waals surface area (Å²) in [5.74, 6) is -1.89. The molecule has 1 aromatic rings. The predicted molar refractivity (Wildman–Crippen MR) is 111 cm³/mol. The summed E-state index contributed by atoms with van der Waals surface area (Å²) in [5.41, 5.74) is 0.104. The fraction of sp³-hybridized carbons (Fsp3) is 0.571. The molecule has 0 aliphatic rings. The molecule has 0 aromatic heterocycles. The minimum Gasteiger partial charge on any atom is -0.480 e. The zero-order chi connectivity index (χ0) is 23.4. The van der Waals surface area contributed by atoms with Gasteiger partial charge in [0, 0.05) is 14.2 Å². The molecule has 31 heavy (non-hydrogen) atoms. The molecular formula is C21H32N2O8. The fourth-order valence-electron chi connectivity index (χ4n) is 2.53. The van der Waals surface area contributed by atoms with Gasteiger partial charge in [0.1, 0.15) is 18.2 Å². The van der Waals surface area contributed by atoms with Crippen LogP contribution in [0, 0.1) is 0 Å². The summed E-state index contributed by atoms with van der Waals surface area (Å²) in [4.78, 5) is 37.7. The number of carbonyl (C=O) groups excluding carboxylic acids is 2. The maximum Gasteiger partial charge on any atom is 0.408 e. The molecule has 0 saturated carbocycles. The lowest BCUT2D eigenvalue weighted by Crippen LogP contribution is -2.54. The first-order valence-electron chi connectivity index (χ1n) is 9.73. The number of hydrogen-bond acceptors (Lipinski definition) is 7. The van der Waals surface area contributed by atoms with E-state index in [0.29, 0.717) is 0 Å². The van der Waals surface area contributed by atoms with Crippen molar-refractivity contribution < 1.29 is 38.4 Å². The molecular weight excluding hydrogens is 408 g/mol. The van der Waals surface area contributed by atoms with Gasteiger partial charge in [-0.2, -0.15) is 0 Å². The molecule has 0 heterocycles. The third-order valence-electron chi connectivity index (χ3n) is 3.92. The van der Waals surface area contributed by atoms with Gasteiger partial charge in [0.15, 0.2) is 6.29 Å². The van der Waals surface area contributed by atoms with Gasteiger partial charge >= 0.3 is 12.1 Å². The lowest BCUT2D eigenvalue weighted by molar-refractivity contribution is -0.155. The van der Waals surface area contributed by atoms with Crippen LogP contribution >= 0.6 is 0 Å². The molecule has 0 bridgehead atoms. The second-order valence-corrected chi connectivity index (χ2v) is 7.71. The van der Waals surface area contributed by atoms with E-state index < -0.39 is 42.4 Å². The third-order valence-corrected chi connectivity index (χ3v) is 3.92. The number of nitrogens with zero attached hydrogens (tertiary/aromatic N) is 1. The zero-order valence-corrected chi connectivity index (χ0v) is 18.6. The highest BCUT2D eigenvalue weighted by atomic mass is 16.7. The van der Waals surface area contributed by atoms with E-state index in [2.05, 4.69) is 5.32 Å². The Morgan fingerprint density at radius 3 is 2.23 bits per heavy atom. The van der Waals surface area contributed by atoms with E-state index >= 15 is 0 Å². The van der Waals surface area contributed by atoms with Crippen LogP contribution in [-0.4, -0.2) is 79.8 Å². The SMILES string of the molecule is COC(CN(CC(=O)O)C(=O)C(COCc1ccccc1)NC(=O)OC(C)(C)C)OC. The molecule has 0 spiro atoms. The normalized spacial score (nSPS) is 12.3. The monoisotopic (exact) mass is 440 g/mol. The quantitative estimate of drug-likeness (QED) is 0.470. The largest absolute Gasteiger partial charge is 0.480 e. The summed E-state index contributed by atoms with van der Waals surface area (Å²) in [7, 11) is 2.74. The van der Waals surface area contributed by atoms with Crippen molar-refractivity contribution in [1.29, 1.82) is 0 Å².